The summed E-state index contributed by atoms with van der Waals surface area (Å²) in [5, 5.41) is 81.8. The number of benzene rings is 5. The molecule has 47 heteroatoms. The van der Waals surface area contributed by atoms with Crippen LogP contribution in [0.3, 0.4) is 0 Å². The number of hydrogen-bond acceptors (Lipinski definition) is 35. The quantitative estimate of drug-likeness (QED) is 0.00755. The first-order valence-corrected chi connectivity index (χ1v) is 28.4. The Morgan fingerprint density at radius 3 is 1.33 bits per heavy atom. The first-order chi connectivity index (χ1) is 33.9. The number of rotatable bonds is 24. The van der Waals surface area contributed by atoms with Gasteiger partial charge in [0.2, 0.25) is 10.4 Å². The van der Waals surface area contributed by atoms with Crippen LogP contribution in [0.1, 0.15) is 0 Å². The van der Waals surface area contributed by atoms with Gasteiger partial charge in [0.1, 0.15) is 41.7 Å². The van der Waals surface area contributed by atoms with Gasteiger partial charge in [-0.15, -0.1) is 29.9 Å². The van der Waals surface area contributed by atoms with E-state index in [-0.39, 0.29) is 223 Å². The maximum Gasteiger partial charge on any atom is 1.00 e. The summed E-state index contributed by atoms with van der Waals surface area (Å²) in [6.45, 7) is -1.94. The van der Waals surface area contributed by atoms with Crippen LogP contribution in [0.25, 0.3) is 10.8 Å². The molecule has 5 aromatic rings. The maximum absolute atomic E-state index is 12.9. The molecule has 0 aliphatic carbocycles. The molecular weight excluding hydrogens is 1290 g/mol. The number of azo groups is 3. The molecule has 0 aliphatic rings. The fourth-order valence-corrected chi connectivity index (χ4v) is 11.2. The molecule has 5 rings (SSSR count). The Morgan fingerprint density at radius 2 is 0.911 bits per heavy atom. The third kappa shape index (κ3) is 22.9. The summed E-state index contributed by atoms with van der Waals surface area (Å²) >= 11 is 0.103. The summed E-state index contributed by atoms with van der Waals surface area (Å²) in [4.78, 5) is -5.71. The van der Waals surface area contributed by atoms with Crippen LogP contribution < -0.4 is 188 Å². The van der Waals surface area contributed by atoms with Crippen LogP contribution in [0.5, 0.6) is 17.2 Å². The molecule has 79 heavy (non-hydrogen) atoms. The van der Waals surface area contributed by atoms with Crippen molar-refractivity contribution in [3.05, 3.63) is 66.7 Å². The Morgan fingerprint density at radius 1 is 0.481 bits per heavy atom. The van der Waals surface area contributed by atoms with Crippen LogP contribution in [0, 0.1) is 0 Å². The van der Waals surface area contributed by atoms with Gasteiger partial charge >= 0.3 is 177 Å². The van der Waals surface area contributed by atoms with Gasteiger partial charge in [-0.05, 0) is 60.0 Å². The summed E-state index contributed by atoms with van der Waals surface area (Å²) in [6, 6.07) is 8.17. The van der Waals surface area contributed by atoms with Crippen molar-refractivity contribution in [1.82, 2.24) is 0 Å². The first-order valence-electron chi connectivity index (χ1n) is 18.1. The molecule has 0 aliphatic heterocycles. The average Bonchev–Trinajstić information content (AvgIpc) is 3.28. The van der Waals surface area contributed by atoms with E-state index in [9.17, 15) is 94.6 Å². The molecule has 0 fully saturated rings. The fourth-order valence-electron chi connectivity index (χ4n) is 5.61. The summed E-state index contributed by atoms with van der Waals surface area (Å²) in [5.41, 5.74) is -6.45. The molecule has 0 radical (unpaired) electrons. The monoisotopic (exact) mass is 1320 g/mol. The van der Waals surface area contributed by atoms with Gasteiger partial charge in [0.05, 0.1) is 66.9 Å². The summed E-state index contributed by atoms with van der Waals surface area (Å²) in [6.07, 6.45) is 0. The Balaban J connectivity index is 0. The molecule has 0 saturated carbocycles. The molecule has 0 saturated heterocycles. The van der Waals surface area contributed by atoms with Gasteiger partial charge in [-0.2, -0.15) is 9.45 Å². The number of fused-ring (bicyclic) bond motifs is 1. The predicted octanol–water partition coefficient (Wildman–Crippen LogP) is -16.0. The van der Waals surface area contributed by atoms with E-state index in [1.54, 1.807) is 0 Å². The molecule has 0 unspecified atom stereocenters. The number of aromatic hydroxyl groups is 3. The number of nitrogens with zero attached hydrogens (tertiary/aromatic N) is 6. The van der Waals surface area contributed by atoms with Crippen molar-refractivity contribution in [2.45, 2.75) is 29.4 Å². The zero-order chi connectivity index (χ0) is 54.3. The topological polar surface area (TPSA) is 533 Å². The molecule has 0 atom stereocenters. The molecule has 3 N–H and O–H groups in total. The zero-order valence-corrected chi connectivity index (χ0v) is 59.3. The van der Waals surface area contributed by atoms with Gasteiger partial charge in [0, 0.05) is 10.3 Å². The second-order valence-electron chi connectivity index (χ2n) is 13.2. The van der Waals surface area contributed by atoms with Gasteiger partial charge in [-0.1, -0.05) is 12.1 Å². The normalized spacial score (nSPS) is 12.3. The minimum atomic E-state index is -5.77. The van der Waals surface area contributed by atoms with Crippen LogP contribution in [0.4, 0.5) is 34.1 Å². The third-order valence-electron chi connectivity index (χ3n) is 8.69. The molecule has 0 amide bonds. The van der Waals surface area contributed by atoms with Gasteiger partial charge in [0.15, 0.2) is 66.3 Å². The van der Waals surface area contributed by atoms with Gasteiger partial charge in [0.25, 0.3) is 0 Å². The van der Waals surface area contributed by atoms with E-state index in [1.807, 2.05) is 0 Å². The van der Waals surface area contributed by atoms with E-state index in [4.69, 9.17) is 0 Å². The second-order valence-corrected chi connectivity index (χ2v) is 23.8. The Bertz CT molecular complexity index is 3780. The minimum absolute atomic E-state index is 0. The van der Waals surface area contributed by atoms with Gasteiger partial charge in [-0.3, -0.25) is 18.4 Å². The van der Waals surface area contributed by atoms with Crippen molar-refractivity contribution in [3.8, 4) is 17.2 Å². The predicted molar refractivity (Wildman–Crippen MR) is 228 cm³/mol. The van der Waals surface area contributed by atoms with E-state index < -0.39 is 161 Å². The van der Waals surface area contributed by atoms with E-state index in [2.05, 4.69) is 57.8 Å². The van der Waals surface area contributed by atoms with Crippen LogP contribution in [0.15, 0.2) is 127 Å². The van der Waals surface area contributed by atoms with Crippen molar-refractivity contribution < 1.29 is 299 Å². The largest absolute Gasteiger partial charge is 1.00 e. The number of hydrogen-bond donors (Lipinski definition) is 3. The maximum atomic E-state index is 12.9. The van der Waals surface area contributed by atoms with Gasteiger partial charge < -0.3 is 44.0 Å². The van der Waals surface area contributed by atoms with Crippen molar-refractivity contribution in [2.24, 2.45) is 30.7 Å². The molecular formula is C32H22N6Na6O27S8. The van der Waals surface area contributed by atoms with Crippen molar-refractivity contribution in [3.63, 3.8) is 0 Å². The van der Waals surface area contributed by atoms with Crippen LogP contribution >= 0.6 is 24.4 Å². The molecule has 396 valence electrons. The number of phenols is 3. The number of phenolic OH excluding ortho intramolecular Hbond substituents is 3. The Kier molecular flexibility index (Phi) is 35.8. The summed E-state index contributed by atoms with van der Waals surface area (Å²) < 4.78 is 211. The van der Waals surface area contributed by atoms with E-state index >= 15 is 0 Å². The van der Waals surface area contributed by atoms with E-state index in [0.29, 0.717) is 30.3 Å². The van der Waals surface area contributed by atoms with Crippen molar-refractivity contribution >= 4 is 130 Å². The van der Waals surface area contributed by atoms with Crippen LogP contribution in [-0.2, 0) is 87.5 Å². The van der Waals surface area contributed by atoms with Crippen molar-refractivity contribution in [2.75, 3.05) is 24.7 Å². The summed E-state index contributed by atoms with van der Waals surface area (Å²) in [7, 11) is -31.3. The number of sulfone groups is 2. The van der Waals surface area contributed by atoms with Gasteiger partial charge in [-0.25, -0.2) is 50.5 Å². The molecule has 0 spiro atoms. The summed E-state index contributed by atoms with van der Waals surface area (Å²) in [5.74, 6) is -6.68. The molecule has 0 bridgehead atoms. The molecule has 0 heterocycles. The smallest absolute Gasteiger partial charge is 0.744 e. The standard InChI is InChI=1S/C32H28N6O27S8.6Na/c39-30-27(36-33-16-12-20-19(23(13-16)66-64-62-42)2-1-3-24(20)70(48,49)50)31(40)29(38-35-22-7-5-18(15-26(22)72(54,55)56)69(46,47)11-9-61-73(57,58)59)32(41)28(30)37-34-21-6-4-17(14-25(21)71(51,52)53)68(44,45)10-8-60-67-65-63-43;;;;;;/h1-7,12-15,39-43H,8-11H2,(H,48,49,50)(H,51,52,53)(H,54,55,56)(H,57,58,59);;;;;;/q;6*+1/p-6. The molecule has 5 aromatic carbocycles. The van der Waals surface area contributed by atoms with Crippen LogP contribution in [0.2, 0.25) is 0 Å². The minimum Gasteiger partial charge on any atom is -0.744 e. The fraction of sp³-hybridized carbons (Fsp3) is 0.125. The Labute approximate surface area is 588 Å². The average molecular weight is 1320 g/mol. The van der Waals surface area contributed by atoms with E-state index in [1.165, 1.54) is 6.07 Å². The first kappa shape index (κ1) is 81.5. The van der Waals surface area contributed by atoms with E-state index in [0.717, 1.165) is 24.3 Å². The second kappa shape index (κ2) is 34.7. The SMILES string of the molecule is O=S(=O)([O-])OCCS(=O)(=O)c1ccc(N=Nc2c(O)c(N=Nc3cc(SOO[O-])c4cccc(S(=O)(=O)[O-])c4c3)c(O)c(N=Nc3ccc(S(=O)(=O)CCOSOO[O-])cc3S(=O)(=O)[O-])c2O)c(S(=O)(=O)[O-])c1.[Na+].[Na+].[Na+].[Na+].[Na+].[Na+]. The third-order valence-corrected chi connectivity index (χ3v) is 16.1. The molecule has 0 aromatic heterocycles. The van der Waals surface area contributed by atoms with Crippen molar-refractivity contribution in [1.29, 1.82) is 0 Å². The van der Waals surface area contributed by atoms with Crippen LogP contribution in [-0.4, -0.2) is 109 Å². The Hall–Kier alpha value is 0.480. The zero-order valence-electron chi connectivity index (χ0n) is 40.8. The molecule has 33 nitrogen and oxygen atoms in total.